The molecule has 5 atom stereocenters. The fraction of sp³-hybridized carbons (Fsp3) is 0.810. The van der Waals surface area contributed by atoms with Gasteiger partial charge in [0.2, 0.25) is 0 Å². The van der Waals surface area contributed by atoms with E-state index in [1.54, 1.807) is 13.0 Å². The summed E-state index contributed by atoms with van der Waals surface area (Å²) in [5.41, 5.74) is -2.29. The first-order chi connectivity index (χ1) is 12.0. The molecule has 0 aromatic carbocycles. The van der Waals surface area contributed by atoms with Crippen LogP contribution in [0.5, 0.6) is 0 Å². The third-order valence-corrected chi connectivity index (χ3v) is 6.09. The highest BCUT2D eigenvalue weighted by atomic mass is 16.6. The van der Waals surface area contributed by atoms with E-state index in [2.05, 4.69) is 13.8 Å². The van der Waals surface area contributed by atoms with Crippen LogP contribution in [0.2, 0.25) is 0 Å². The van der Waals surface area contributed by atoms with Gasteiger partial charge in [0, 0.05) is 12.8 Å². The third kappa shape index (κ3) is 4.74. The Balaban J connectivity index is 2.41. The van der Waals surface area contributed by atoms with Crippen molar-refractivity contribution in [2.45, 2.75) is 96.1 Å². The van der Waals surface area contributed by atoms with Crippen LogP contribution in [0.1, 0.15) is 73.1 Å². The summed E-state index contributed by atoms with van der Waals surface area (Å²) >= 11 is 0. The molecule has 5 heteroatoms. The molecule has 5 nitrogen and oxygen atoms in total. The van der Waals surface area contributed by atoms with Gasteiger partial charge >= 0.3 is 0 Å². The Bertz CT molecular complexity index is 553. The second-order valence-corrected chi connectivity index (χ2v) is 9.04. The van der Waals surface area contributed by atoms with Gasteiger partial charge in [-0.3, -0.25) is 9.59 Å². The number of ketones is 1. The van der Waals surface area contributed by atoms with E-state index < -0.39 is 16.8 Å². The van der Waals surface area contributed by atoms with Crippen molar-refractivity contribution in [3.05, 3.63) is 12.2 Å². The van der Waals surface area contributed by atoms with Gasteiger partial charge in [0.25, 0.3) is 6.47 Å². The first kappa shape index (κ1) is 21.1. The predicted octanol–water partition coefficient (Wildman–Crippen LogP) is 3.58. The molecule has 2 rings (SSSR count). The van der Waals surface area contributed by atoms with Crippen molar-refractivity contribution in [1.82, 2.24) is 0 Å². The lowest BCUT2D eigenvalue weighted by Gasteiger charge is -2.38. The molecule has 2 aliphatic heterocycles. The van der Waals surface area contributed by atoms with Gasteiger partial charge in [-0.2, -0.15) is 0 Å². The first-order valence-electron chi connectivity index (χ1n) is 9.76. The summed E-state index contributed by atoms with van der Waals surface area (Å²) in [7, 11) is 0. The minimum atomic E-state index is -1.19. The van der Waals surface area contributed by atoms with E-state index in [0.717, 1.165) is 19.3 Å². The molecule has 0 unspecified atom stereocenters. The van der Waals surface area contributed by atoms with Crippen LogP contribution in [0.4, 0.5) is 0 Å². The highest BCUT2D eigenvalue weighted by Crippen LogP contribution is 2.47. The van der Waals surface area contributed by atoms with E-state index in [0.29, 0.717) is 19.3 Å². The quantitative estimate of drug-likeness (QED) is 0.610. The number of ether oxygens (including phenoxy) is 2. The Hall–Kier alpha value is -1.20. The summed E-state index contributed by atoms with van der Waals surface area (Å²) in [5.74, 6) is 0.406. The van der Waals surface area contributed by atoms with Crippen LogP contribution in [0.25, 0.3) is 0 Å². The number of carbonyl (C=O) groups excluding carboxylic acids is 2. The number of hydrogen-bond acceptors (Lipinski definition) is 5. The van der Waals surface area contributed by atoms with Gasteiger partial charge < -0.3 is 14.6 Å². The van der Waals surface area contributed by atoms with Gasteiger partial charge in [0.15, 0.2) is 0 Å². The maximum atomic E-state index is 12.3. The Morgan fingerprint density at radius 1 is 1.27 bits per heavy atom. The normalized spacial score (nSPS) is 43.3. The second kappa shape index (κ2) is 7.81. The Morgan fingerprint density at radius 3 is 2.58 bits per heavy atom. The lowest BCUT2D eigenvalue weighted by Crippen LogP contribution is -2.45. The van der Waals surface area contributed by atoms with Crippen molar-refractivity contribution in [2.24, 2.45) is 11.8 Å². The zero-order chi connectivity index (χ0) is 19.6. The largest absolute Gasteiger partial charge is 0.462 e. The average Bonchev–Trinajstić information content (AvgIpc) is 2.88. The number of carbonyl (C=O) groups is 2. The molecule has 0 aromatic heterocycles. The summed E-state index contributed by atoms with van der Waals surface area (Å²) in [6, 6.07) is 0. The minimum Gasteiger partial charge on any atom is -0.462 e. The van der Waals surface area contributed by atoms with Crippen LogP contribution in [0.15, 0.2) is 12.2 Å². The van der Waals surface area contributed by atoms with Crippen LogP contribution in [0, 0.1) is 11.8 Å². The van der Waals surface area contributed by atoms with Gasteiger partial charge in [-0.15, -0.1) is 0 Å². The van der Waals surface area contributed by atoms with Gasteiger partial charge in [-0.25, -0.2) is 0 Å². The Labute approximate surface area is 157 Å². The molecular weight excluding hydrogens is 332 g/mol. The molecule has 0 radical (unpaired) electrons. The van der Waals surface area contributed by atoms with Gasteiger partial charge in [-0.1, -0.05) is 32.9 Å². The molecule has 0 saturated carbocycles. The summed E-state index contributed by atoms with van der Waals surface area (Å²) in [4.78, 5) is 23.4. The number of Topliss-reactive ketones (excluding diaryl/α,β-unsaturated/α-hetero) is 1. The van der Waals surface area contributed by atoms with Crippen molar-refractivity contribution in [1.29, 1.82) is 0 Å². The lowest BCUT2D eigenvalue weighted by molar-refractivity contribution is -0.170. The average molecular weight is 366 g/mol. The predicted molar refractivity (Wildman–Crippen MR) is 99.6 cm³/mol. The zero-order valence-electron chi connectivity index (χ0n) is 16.8. The monoisotopic (exact) mass is 366 g/mol. The molecule has 148 valence electrons. The van der Waals surface area contributed by atoms with Crippen LogP contribution in [-0.2, 0) is 19.1 Å². The number of rotatable bonds is 3. The van der Waals surface area contributed by atoms with Gasteiger partial charge in [0.05, 0.1) is 11.2 Å². The fourth-order valence-corrected chi connectivity index (χ4v) is 4.28. The molecule has 26 heavy (non-hydrogen) atoms. The highest BCUT2D eigenvalue weighted by molar-refractivity contribution is 5.79. The van der Waals surface area contributed by atoms with Gasteiger partial charge in [0.1, 0.15) is 17.5 Å². The summed E-state index contributed by atoms with van der Waals surface area (Å²) in [6.07, 6.45) is 6.83. The summed E-state index contributed by atoms with van der Waals surface area (Å²) in [5, 5.41) is 10.7. The Morgan fingerprint density at radius 2 is 1.96 bits per heavy atom. The molecule has 2 aliphatic rings. The molecule has 0 amide bonds. The van der Waals surface area contributed by atoms with Crippen molar-refractivity contribution < 1.29 is 24.2 Å². The molecular formula is C21H34O5. The Kier molecular flexibility index (Phi) is 6.34. The first-order valence-corrected chi connectivity index (χ1v) is 9.76. The van der Waals surface area contributed by atoms with E-state index in [-0.39, 0.29) is 30.1 Å². The van der Waals surface area contributed by atoms with Crippen LogP contribution in [-0.4, -0.2) is 40.3 Å². The van der Waals surface area contributed by atoms with Crippen molar-refractivity contribution in [3.63, 3.8) is 0 Å². The highest BCUT2D eigenvalue weighted by Gasteiger charge is 2.51. The lowest BCUT2D eigenvalue weighted by atomic mass is 9.82. The molecule has 1 fully saturated rings. The SMILES string of the molecule is CC(C)[C@]12/C=C/[C@@](C)(O)CC(=O)C[C@@H](C)CC[C@@H](OC=O)[C@](C)(CC1)O2. The van der Waals surface area contributed by atoms with Gasteiger partial charge in [-0.05, 0) is 51.4 Å². The van der Waals surface area contributed by atoms with Crippen LogP contribution in [0.3, 0.4) is 0 Å². The number of aliphatic hydroxyl groups is 1. The number of fused-ring (bicyclic) bond motifs is 2. The molecule has 1 N–H and O–H groups in total. The van der Waals surface area contributed by atoms with Crippen molar-refractivity contribution in [2.75, 3.05) is 0 Å². The maximum absolute atomic E-state index is 12.3. The van der Waals surface area contributed by atoms with E-state index >= 15 is 0 Å². The van der Waals surface area contributed by atoms with Crippen LogP contribution >= 0.6 is 0 Å². The summed E-state index contributed by atoms with van der Waals surface area (Å²) in [6.45, 7) is 10.4. The van der Waals surface area contributed by atoms with Crippen LogP contribution < -0.4 is 0 Å². The molecule has 0 aliphatic carbocycles. The minimum absolute atomic E-state index is 0.0511. The third-order valence-electron chi connectivity index (χ3n) is 6.09. The smallest absolute Gasteiger partial charge is 0.293 e. The molecule has 0 aromatic rings. The molecule has 1 saturated heterocycles. The number of hydrogen-bond donors (Lipinski definition) is 1. The van der Waals surface area contributed by atoms with E-state index in [9.17, 15) is 14.7 Å². The standard InChI is InChI=1S/C21H34O5/c1-15(2)21-10-8-19(4,24)13-17(23)12-16(3)6-7-18(25-14-22)20(5,26-21)9-11-21/h8,10,14-16,18,24H,6-7,9,11-13H2,1-5H3/b10-8+/t16-,18+,19+,20-,21-/m0/s1. The summed E-state index contributed by atoms with van der Waals surface area (Å²) < 4.78 is 12.0. The maximum Gasteiger partial charge on any atom is 0.293 e. The molecule has 0 spiro atoms. The van der Waals surface area contributed by atoms with E-state index in [4.69, 9.17) is 9.47 Å². The zero-order valence-corrected chi connectivity index (χ0v) is 16.8. The fourth-order valence-electron chi connectivity index (χ4n) is 4.28. The van der Waals surface area contributed by atoms with E-state index in [1.807, 2.05) is 19.9 Å². The van der Waals surface area contributed by atoms with Crippen molar-refractivity contribution in [3.8, 4) is 0 Å². The van der Waals surface area contributed by atoms with Crippen molar-refractivity contribution >= 4 is 12.3 Å². The topological polar surface area (TPSA) is 72.8 Å². The molecule has 2 heterocycles. The van der Waals surface area contributed by atoms with E-state index in [1.165, 1.54) is 0 Å². The second-order valence-electron chi connectivity index (χ2n) is 9.04. The molecule has 2 bridgehead atoms.